The van der Waals surface area contributed by atoms with Crippen LogP contribution in [-0.2, 0) is 6.54 Å². The quantitative estimate of drug-likeness (QED) is 0.772. The van der Waals surface area contributed by atoms with E-state index in [2.05, 4.69) is 10.1 Å². The lowest BCUT2D eigenvalue weighted by Crippen LogP contribution is -1.98. The highest BCUT2D eigenvalue weighted by molar-refractivity contribution is 7.16. The van der Waals surface area contributed by atoms with Crippen LogP contribution in [0.15, 0.2) is 42.7 Å². The Morgan fingerprint density at radius 2 is 2.09 bits per heavy atom. The maximum Gasteiger partial charge on any atom is 0.356 e. The molecule has 0 amide bonds. The van der Waals surface area contributed by atoms with Crippen molar-refractivity contribution >= 4 is 29.5 Å². The first-order valence-electron chi connectivity index (χ1n) is 7.17. The van der Waals surface area contributed by atoms with Gasteiger partial charge in [-0.15, -0.1) is 11.3 Å². The van der Waals surface area contributed by atoms with Gasteiger partial charge in [-0.3, -0.25) is 4.68 Å². The minimum atomic E-state index is -1.02. The number of hydrogen-bond donors (Lipinski definition) is 1. The molecular weight excluding hydrogens is 310 g/mol. The molecule has 2 heterocycles. The van der Waals surface area contributed by atoms with Crippen molar-refractivity contribution in [3.8, 4) is 10.4 Å². The minimum Gasteiger partial charge on any atom is -0.476 e. The lowest BCUT2D eigenvalue weighted by Gasteiger charge is -1.97. The molecule has 3 rings (SSSR count). The van der Waals surface area contributed by atoms with Crippen molar-refractivity contribution in [3.05, 3.63) is 59.0 Å². The van der Waals surface area contributed by atoms with Gasteiger partial charge in [-0.25, -0.2) is 9.78 Å². The van der Waals surface area contributed by atoms with Gasteiger partial charge in [0.15, 0.2) is 5.69 Å². The van der Waals surface area contributed by atoms with Gasteiger partial charge in [0.25, 0.3) is 0 Å². The number of aromatic carboxylic acids is 1. The number of carbonyl (C=O) groups is 1. The molecule has 0 bridgehead atoms. The molecule has 0 saturated carbocycles. The Bertz CT molecular complexity index is 850. The van der Waals surface area contributed by atoms with Gasteiger partial charge in [-0.05, 0) is 24.6 Å². The van der Waals surface area contributed by atoms with Gasteiger partial charge in [0.05, 0.1) is 11.1 Å². The van der Waals surface area contributed by atoms with E-state index in [1.165, 1.54) is 11.3 Å². The second-order valence-electron chi connectivity index (χ2n) is 4.86. The summed E-state index contributed by atoms with van der Waals surface area (Å²) in [4.78, 5) is 16.3. The van der Waals surface area contributed by atoms with E-state index in [0.29, 0.717) is 9.88 Å². The Balaban J connectivity index is 1.93. The summed E-state index contributed by atoms with van der Waals surface area (Å²) in [5.41, 5.74) is 1.91. The van der Waals surface area contributed by atoms with E-state index in [4.69, 9.17) is 0 Å². The van der Waals surface area contributed by atoms with Gasteiger partial charge in [0.1, 0.15) is 5.01 Å². The van der Waals surface area contributed by atoms with Crippen LogP contribution < -0.4 is 0 Å². The van der Waals surface area contributed by atoms with Crippen LogP contribution in [0.3, 0.4) is 0 Å². The second kappa shape index (κ2) is 6.58. The average molecular weight is 325 g/mol. The predicted molar refractivity (Wildman–Crippen MR) is 91.3 cm³/mol. The minimum absolute atomic E-state index is 0.0881. The average Bonchev–Trinajstić information content (AvgIpc) is 3.20. The molecule has 6 heteroatoms. The molecule has 0 fully saturated rings. The topological polar surface area (TPSA) is 68.0 Å². The fourth-order valence-corrected chi connectivity index (χ4v) is 3.11. The van der Waals surface area contributed by atoms with Gasteiger partial charge in [0, 0.05) is 18.3 Å². The number of thiazole rings is 1. The van der Waals surface area contributed by atoms with E-state index in [-0.39, 0.29) is 5.69 Å². The number of nitrogens with zero attached hydrogens (tertiary/aromatic N) is 3. The third kappa shape index (κ3) is 3.37. The van der Waals surface area contributed by atoms with Gasteiger partial charge >= 0.3 is 5.97 Å². The van der Waals surface area contributed by atoms with Gasteiger partial charge in [-0.2, -0.15) is 5.10 Å². The Kier molecular flexibility index (Phi) is 4.34. The molecule has 0 radical (unpaired) electrons. The van der Waals surface area contributed by atoms with E-state index in [0.717, 1.165) is 17.7 Å². The number of hydrogen-bond acceptors (Lipinski definition) is 4. The molecule has 1 aromatic carbocycles. The van der Waals surface area contributed by atoms with Crippen LogP contribution >= 0.6 is 11.3 Å². The van der Waals surface area contributed by atoms with Crippen molar-refractivity contribution in [1.29, 1.82) is 0 Å². The zero-order valence-electron chi connectivity index (χ0n) is 12.5. The molecule has 1 N–H and O–H groups in total. The molecule has 0 atom stereocenters. The molecular formula is C17H15N3O2S. The molecule has 2 aromatic heterocycles. The van der Waals surface area contributed by atoms with E-state index in [9.17, 15) is 9.90 Å². The molecule has 0 saturated heterocycles. The van der Waals surface area contributed by atoms with Crippen LogP contribution in [0.1, 0.15) is 28.0 Å². The second-order valence-corrected chi connectivity index (χ2v) is 5.89. The van der Waals surface area contributed by atoms with E-state index < -0.39 is 5.97 Å². The van der Waals surface area contributed by atoms with Crippen molar-refractivity contribution in [1.82, 2.24) is 14.8 Å². The molecule has 116 valence electrons. The third-order valence-corrected chi connectivity index (χ3v) is 4.35. The molecule has 5 nitrogen and oxygen atoms in total. The first kappa shape index (κ1) is 15.2. The van der Waals surface area contributed by atoms with Crippen molar-refractivity contribution in [2.45, 2.75) is 13.5 Å². The van der Waals surface area contributed by atoms with Crippen LogP contribution in [-0.4, -0.2) is 25.8 Å². The van der Waals surface area contributed by atoms with E-state index >= 15 is 0 Å². The number of benzene rings is 1. The van der Waals surface area contributed by atoms with Crippen molar-refractivity contribution in [2.75, 3.05) is 0 Å². The molecule has 0 spiro atoms. The van der Waals surface area contributed by atoms with Gasteiger partial charge in [0.2, 0.25) is 0 Å². The Morgan fingerprint density at radius 1 is 1.30 bits per heavy atom. The number of aryl methyl sites for hydroxylation is 1. The van der Waals surface area contributed by atoms with Crippen LogP contribution in [0.4, 0.5) is 0 Å². The summed E-state index contributed by atoms with van der Waals surface area (Å²) in [6.45, 7) is 2.83. The van der Waals surface area contributed by atoms with Crippen LogP contribution in [0.5, 0.6) is 0 Å². The summed E-state index contributed by atoms with van der Waals surface area (Å²) < 4.78 is 1.83. The third-order valence-electron chi connectivity index (χ3n) is 3.28. The Labute approximate surface area is 137 Å². The summed E-state index contributed by atoms with van der Waals surface area (Å²) in [6, 6.07) is 9.44. The largest absolute Gasteiger partial charge is 0.476 e. The van der Waals surface area contributed by atoms with Crippen LogP contribution in [0.2, 0.25) is 0 Å². The smallest absolute Gasteiger partial charge is 0.356 e. The van der Waals surface area contributed by atoms with E-state index in [1.54, 1.807) is 6.20 Å². The highest BCUT2D eigenvalue weighted by atomic mass is 32.1. The van der Waals surface area contributed by atoms with Crippen LogP contribution in [0, 0.1) is 0 Å². The lowest BCUT2D eigenvalue weighted by atomic mass is 10.1. The number of carboxylic acid groups (broad SMARTS) is 1. The van der Waals surface area contributed by atoms with E-state index in [1.807, 2.05) is 60.3 Å². The first-order chi connectivity index (χ1) is 11.2. The van der Waals surface area contributed by atoms with Crippen molar-refractivity contribution in [3.63, 3.8) is 0 Å². The molecule has 0 aliphatic heterocycles. The summed E-state index contributed by atoms with van der Waals surface area (Å²) in [6.07, 6.45) is 7.41. The summed E-state index contributed by atoms with van der Waals surface area (Å²) in [5.74, 6) is -1.02. The Morgan fingerprint density at radius 3 is 2.74 bits per heavy atom. The fraction of sp³-hybridized carbons (Fsp3) is 0.118. The molecule has 23 heavy (non-hydrogen) atoms. The fourth-order valence-electron chi connectivity index (χ4n) is 2.14. The monoisotopic (exact) mass is 325 g/mol. The normalized spacial score (nSPS) is 11.2. The lowest BCUT2D eigenvalue weighted by molar-refractivity contribution is 0.0692. The SMILES string of the molecule is CCn1cc(/C=C/c2nc(C(=O)O)c(-c3ccccc3)s2)cn1. The maximum absolute atomic E-state index is 11.4. The summed E-state index contributed by atoms with van der Waals surface area (Å²) >= 11 is 1.37. The summed E-state index contributed by atoms with van der Waals surface area (Å²) in [7, 11) is 0. The maximum atomic E-state index is 11.4. The van der Waals surface area contributed by atoms with Crippen molar-refractivity contribution in [2.24, 2.45) is 0 Å². The summed E-state index contributed by atoms with van der Waals surface area (Å²) in [5, 5.41) is 14.2. The van der Waals surface area contributed by atoms with Crippen molar-refractivity contribution < 1.29 is 9.90 Å². The Hall–Kier alpha value is -2.73. The number of rotatable bonds is 5. The zero-order valence-corrected chi connectivity index (χ0v) is 13.3. The number of aromatic nitrogens is 3. The van der Waals surface area contributed by atoms with Crippen LogP contribution in [0.25, 0.3) is 22.6 Å². The molecule has 0 unspecified atom stereocenters. The first-order valence-corrected chi connectivity index (χ1v) is 7.99. The highest BCUT2D eigenvalue weighted by Crippen LogP contribution is 2.31. The highest BCUT2D eigenvalue weighted by Gasteiger charge is 2.17. The zero-order chi connectivity index (χ0) is 16.2. The predicted octanol–water partition coefficient (Wildman–Crippen LogP) is 3.90. The molecule has 0 aliphatic rings. The standard InChI is InChI=1S/C17H15N3O2S/c1-2-20-11-12(10-18-20)8-9-14-19-15(17(21)22)16(23-14)13-6-4-3-5-7-13/h3-11H,2H2,1H3,(H,21,22)/b9-8+. The number of carboxylic acids is 1. The van der Waals surface area contributed by atoms with Gasteiger partial charge in [-0.1, -0.05) is 30.3 Å². The molecule has 3 aromatic rings. The van der Waals surface area contributed by atoms with Gasteiger partial charge < -0.3 is 5.11 Å². The molecule has 0 aliphatic carbocycles.